The highest BCUT2D eigenvalue weighted by molar-refractivity contribution is 5.93. The minimum absolute atomic E-state index is 0.0827. The lowest BCUT2D eigenvalue weighted by atomic mass is 10.2. The third-order valence-corrected chi connectivity index (χ3v) is 3.29. The van der Waals surface area contributed by atoms with E-state index >= 15 is 0 Å². The lowest BCUT2D eigenvalue weighted by Crippen LogP contribution is -2.27. The Labute approximate surface area is 112 Å². The molecule has 5 heteroatoms. The van der Waals surface area contributed by atoms with Crippen molar-refractivity contribution in [2.45, 2.75) is 27.3 Å². The minimum Gasteiger partial charge on any atom is -0.350 e. The molecule has 0 radical (unpaired) electrons. The molecule has 0 atom stereocenters. The number of pyridine rings is 1. The highest BCUT2D eigenvalue weighted by Gasteiger charge is 2.08. The van der Waals surface area contributed by atoms with Gasteiger partial charge in [0.25, 0.3) is 5.91 Å². The van der Waals surface area contributed by atoms with E-state index in [1.165, 1.54) is 5.56 Å². The molecule has 0 aromatic carbocycles. The maximum absolute atomic E-state index is 11.8. The minimum atomic E-state index is -0.0827. The van der Waals surface area contributed by atoms with Crippen molar-refractivity contribution >= 4 is 5.91 Å². The SMILES string of the molecule is Cc1nn(CCNC(=O)c2ccncc2)c(C)c1C. The van der Waals surface area contributed by atoms with E-state index in [2.05, 4.69) is 22.3 Å². The van der Waals surface area contributed by atoms with E-state index in [0.717, 1.165) is 11.4 Å². The normalized spacial score (nSPS) is 10.5. The Morgan fingerprint density at radius 3 is 2.53 bits per heavy atom. The van der Waals surface area contributed by atoms with Crippen LogP contribution in [0.1, 0.15) is 27.3 Å². The molecule has 0 aliphatic rings. The molecule has 0 aliphatic carbocycles. The van der Waals surface area contributed by atoms with Gasteiger partial charge in [-0.3, -0.25) is 14.5 Å². The lowest BCUT2D eigenvalue weighted by molar-refractivity contribution is 0.0951. The van der Waals surface area contributed by atoms with E-state index < -0.39 is 0 Å². The van der Waals surface area contributed by atoms with Crippen LogP contribution in [0.25, 0.3) is 0 Å². The summed E-state index contributed by atoms with van der Waals surface area (Å²) in [4.78, 5) is 15.7. The molecule has 1 amide bonds. The molecule has 2 aromatic rings. The molecule has 0 bridgehead atoms. The largest absolute Gasteiger partial charge is 0.350 e. The molecular weight excluding hydrogens is 240 g/mol. The standard InChI is InChI=1S/C14H18N4O/c1-10-11(2)17-18(12(10)3)9-8-16-14(19)13-4-6-15-7-5-13/h4-7H,8-9H2,1-3H3,(H,16,19). The average molecular weight is 258 g/mol. The van der Waals surface area contributed by atoms with Crippen molar-refractivity contribution in [1.29, 1.82) is 0 Å². The molecule has 2 aromatic heterocycles. The summed E-state index contributed by atoms with van der Waals surface area (Å²) in [6.07, 6.45) is 3.22. The monoisotopic (exact) mass is 258 g/mol. The fourth-order valence-electron chi connectivity index (χ4n) is 1.88. The quantitative estimate of drug-likeness (QED) is 0.906. The van der Waals surface area contributed by atoms with Crippen LogP contribution in [0.5, 0.6) is 0 Å². The number of nitrogens with one attached hydrogen (secondary N) is 1. The Balaban J connectivity index is 1.90. The average Bonchev–Trinajstić information content (AvgIpc) is 2.67. The zero-order chi connectivity index (χ0) is 13.8. The Morgan fingerprint density at radius 2 is 1.95 bits per heavy atom. The number of nitrogens with zero attached hydrogens (tertiary/aromatic N) is 3. The van der Waals surface area contributed by atoms with Crippen molar-refractivity contribution in [3.05, 3.63) is 47.0 Å². The van der Waals surface area contributed by atoms with E-state index in [1.807, 2.05) is 18.5 Å². The van der Waals surface area contributed by atoms with Crippen LogP contribution in [0.3, 0.4) is 0 Å². The summed E-state index contributed by atoms with van der Waals surface area (Å²) in [7, 11) is 0. The second-order valence-electron chi connectivity index (χ2n) is 4.51. The first-order valence-corrected chi connectivity index (χ1v) is 6.28. The highest BCUT2D eigenvalue weighted by Crippen LogP contribution is 2.10. The predicted octanol–water partition coefficient (Wildman–Crippen LogP) is 1.63. The van der Waals surface area contributed by atoms with Crippen LogP contribution in [0, 0.1) is 20.8 Å². The van der Waals surface area contributed by atoms with Gasteiger partial charge in [-0.15, -0.1) is 0 Å². The summed E-state index contributed by atoms with van der Waals surface area (Å²) in [5, 5.41) is 7.31. The molecule has 0 saturated carbocycles. The molecule has 0 unspecified atom stereocenters. The van der Waals surface area contributed by atoms with E-state index in [-0.39, 0.29) is 5.91 Å². The zero-order valence-electron chi connectivity index (χ0n) is 11.5. The van der Waals surface area contributed by atoms with Crippen molar-refractivity contribution in [1.82, 2.24) is 20.1 Å². The number of amides is 1. The van der Waals surface area contributed by atoms with Crippen molar-refractivity contribution in [2.24, 2.45) is 0 Å². The maximum atomic E-state index is 11.8. The van der Waals surface area contributed by atoms with Crippen LogP contribution in [-0.4, -0.2) is 27.2 Å². The predicted molar refractivity (Wildman–Crippen MR) is 73.0 cm³/mol. The third-order valence-electron chi connectivity index (χ3n) is 3.29. The van der Waals surface area contributed by atoms with Gasteiger partial charge in [0.1, 0.15) is 0 Å². The van der Waals surface area contributed by atoms with Gasteiger partial charge in [0.05, 0.1) is 12.2 Å². The number of carbonyl (C=O) groups is 1. The fraction of sp³-hybridized carbons (Fsp3) is 0.357. The van der Waals surface area contributed by atoms with Gasteiger partial charge in [0.15, 0.2) is 0 Å². The fourth-order valence-corrected chi connectivity index (χ4v) is 1.88. The molecule has 0 saturated heterocycles. The number of carbonyl (C=O) groups excluding carboxylic acids is 1. The number of aromatic nitrogens is 3. The van der Waals surface area contributed by atoms with E-state index in [9.17, 15) is 4.79 Å². The van der Waals surface area contributed by atoms with Crippen LogP contribution in [0.2, 0.25) is 0 Å². The molecule has 2 rings (SSSR count). The molecular formula is C14H18N4O. The molecule has 19 heavy (non-hydrogen) atoms. The third kappa shape index (κ3) is 2.99. The smallest absolute Gasteiger partial charge is 0.251 e. The summed E-state index contributed by atoms with van der Waals surface area (Å²) in [5.74, 6) is -0.0827. The second kappa shape index (κ2) is 5.65. The number of hydrogen-bond donors (Lipinski definition) is 1. The van der Waals surface area contributed by atoms with Gasteiger partial charge >= 0.3 is 0 Å². The second-order valence-corrected chi connectivity index (χ2v) is 4.51. The van der Waals surface area contributed by atoms with E-state index in [1.54, 1.807) is 24.5 Å². The van der Waals surface area contributed by atoms with Crippen LogP contribution in [0.4, 0.5) is 0 Å². The first kappa shape index (κ1) is 13.3. The zero-order valence-corrected chi connectivity index (χ0v) is 11.5. The van der Waals surface area contributed by atoms with Gasteiger partial charge in [-0.05, 0) is 38.5 Å². The van der Waals surface area contributed by atoms with Gasteiger partial charge in [-0.1, -0.05) is 0 Å². The molecule has 0 aliphatic heterocycles. The summed E-state index contributed by atoms with van der Waals surface area (Å²) in [6.45, 7) is 7.33. The first-order chi connectivity index (χ1) is 9.09. The molecule has 0 fully saturated rings. The lowest BCUT2D eigenvalue weighted by Gasteiger charge is -2.07. The summed E-state index contributed by atoms with van der Waals surface area (Å²) >= 11 is 0. The first-order valence-electron chi connectivity index (χ1n) is 6.28. The Kier molecular flexibility index (Phi) is 3.94. The van der Waals surface area contributed by atoms with Crippen molar-refractivity contribution in [3.63, 3.8) is 0 Å². The van der Waals surface area contributed by atoms with Crippen molar-refractivity contribution < 1.29 is 4.79 Å². The Bertz CT molecular complexity index is 575. The summed E-state index contributed by atoms with van der Waals surface area (Å²) in [6, 6.07) is 3.39. The van der Waals surface area contributed by atoms with Gasteiger partial charge in [-0.2, -0.15) is 5.10 Å². The van der Waals surface area contributed by atoms with Crippen LogP contribution in [0.15, 0.2) is 24.5 Å². The number of rotatable bonds is 4. The van der Waals surface area contributed by atoms with Crippen molar-refractivity contribution in [3.8, 4) is 0 Å². The Morgan fingerprint density at radius 1 is 1.26 bits per heavy atom. The van der Waals surface area contributed by atoms with Gasteiger partial charge in [-0.25, -0.2) is 0 Å². The molecule has 5 nitrogen and oxygen atoms in total. The number of hydrogen-bond acceptors (Lipinski definition) is 3. The van der Waals surface area contributed by atoms with Crippen LogP contribution < -0.4 is 5.32 Å². The van der Waals surface area contributed by atoms with Crippen LogP contribution in [-0.2, 0) is 6.54 Å². The molecule has 100 valence electrons. The van der Waals surface area contributed by atoms with E-state index in [4.69, 9.17) is 0 Å². The number of aryl methyl sites for hydroxylation is 1. The van der Waals surface area contributed by atoms with Gasteiger partial charge < -0.3 is 5.32 Å². The maximum Gasteiger partial charge on any atom is 0.251 e. The van der Waals surface area contributed by atoms with Gasteiger partial charge in [0, 0.05) is 30.2 Å². The van der Waals surface area contributed by atoms with E-state index in [0.29, 0.717) is 18.7 Å². The van der Waals surface area contributed by atoms with Gasteiger partial charge in [0.2, 0.25) is 0 Å². The topological polar surface area (TPSA) is 59.8 Å². The highest BCUT2D eigenvalue weighted by atomic mass is 16.1. The molecule has 1 N–H and O–H groups in total. The van der Waals surface area contributed by atoms with Crippen molar-refractivity contribution in [2.75, 3.05) is 6.54 Å². The molecule has 2 heterocycles. The summed E-state index contributed by atoms with van der Waals surface area (Å²) < 4.78 is 1.93. The summed E-state index contributed by atoms with van der Waals surface area (Å²) in [5.41, 5.74) is 4.02. The van der Waals surface area contributed by atoms with Crippen LogP contribution >= 0.6 is 0 Å². The molecule has 0 spiro atoms. The Hall–Kier alpha value is -2.17.